The lowest BCUT2D eigenvalue weighted by Gasteiger charge is -2.26. The van der Waals surface area contributed by atoms with E-state index in [4.69, 9.17) is 25.8 Å². The van der Waals surface area contributed by atoms with Crippen molar-refractivity contribution < 1.29 is 28.5 Å². The molecule has 2 amide bonds. The van der Waals surface area contributed by atoms with Gasteiger partial charge in [-0.15, -0.1) is 0 Å². The van der Waals surface area contributed by atoms with Crippen LogP contribution in [0.1, 0.15) is 53.8 Å². The normalized spacial score (nSPS) is 16.7. The van der Waals surface area contributed by atoms with E-state index in [2.05, 4.69) is 20.7 Å². The number of likely N-dealkylation sites (N-methyl/N-ethyl adjacent to an activating group) is 1. The molecule has 0 radical (unpaired) electrons. The van der Waals surface area contributed by atoms with E-state index in [1.807, 2.05) is 32.2 Å². The van der Waals surface area contributed by atoms with Crippen molar-refractivity contribution in [3.05, 3.63) is 64.2 Å². The Morgan fingerprint density at radius 3 is 2.72 bits per heavy atom. The number of rotatable bonds is 14. The van der Waals surface area contributed by atoms with E-state index in [0.29, 0.717) is 41.0 Å². The standard InChI is InChI=1S/C29H40ClN3O6/c1-4-38-26-11-10-22(28(34)33-18-24(31-2)15-20-7-6-13-37-19-20)17-25(26)27(21-8-5-9-23(30)16-21)39-14-12-32-29(35)36-3/h5,8-11,16-17,20,24,27,31H,4,6-7,12-15,18-19H2,1-3H3,(H,32,35)(H,33,34)/t20-,24+,27?/m1/s1. The highest BCUT2D eigenvalue weighted by Gasteiger charge is 2.23. The number of halogens is 1. The third-order valence-electron chi connectivity index (χ3n) is 6.64. The predicted molar refractivity (Wildman–Crippen MR) is 151 cm³/mol. The molecule has 1 heterocycles. The number of alkyl carbamates (subject to hydrolysis) is 1. The van der Waals surface area contributed by atoms with Crippen molar-refractivity contribution in [2.75, 3.05) is 53.7 Å². The number of methoxy groups -OCH3 is 1. The zero-order valence-corrected chi connectivity index (χ0v) is 23.7. The van der Waals surface area contributed by atoms with Crippen LogP contribution < -0.4 is 20.7 Å². The molecule has 1 unspecified atom stereocenters. The maximum absolute atomic E-state index is 13.2. The minimum atomic E-state index is -0.589. The predicted octanol–water partition coefficient (Wildman–Crippen LogP) is 4.34. The number of hydrogen-bond donors (Lipinski definition) is 3. The van der Waals surface area contributed by atoms with Gasteiger partial charge in [0.2, 0.25) is 0 Å². The molecule has 9 nitrogen and oxygen atoms in total. The highest BCUT2D eigenvalue weighted by atomic mass is 35.5. The summed E-state index contributed by atoms with van der Waals surface area (Å²) in [7, 11) is 3.22. The molecule has 1 aliphatic rings. The second-order valence-electron chi connectivity index (χ2n) is 9.42. The summed E-state index contributed by atoms with van der Waals surface area (Å²) < 4.78 is 22.4. The first kappa shape index (κ1) is 30.7. The van der Waals surface area contributed by atoms with Gasteiger partial charge in [0.15, 0.2) is 0 Å². The van der Waals surface area contributed by atoms with E-state index in [1.54, 1.807) is 24.3 Å². The topological polar surface area (TPSA) is 107 Å². The van der Waals surface area contributed by atoms with Gasteiger partial charge in [-0.1, -0.05) is 23.7 Å². The van der Waals surface area contributed by atoms with Crippen molar-refractivity contribution in [2.45, 2.75) is 38.3 Å². The van der Waals surface area contributed by atoms with Crippen molar-refractivity contribution in [3.63, 3.8) is 0 Å². The van der Waals surface area contributed by atoms with E-state index in [0.717, 1.165) is 38.0 Å². The van der Waals surface area contributed by atoms with E-state index < -0.39 is 12.2 Å². The van der Waals surface area contributed by atoms with E-state index in [-0.39, 0.29) is 25.1 Å². The summed E-state index contributed by atoms with van der Waals surface area (Å²) >= 11 is 6.30. The second kappa shape index (κ2) is 16.3. The Balaban J connectivity index is 1.79. The molecule has 1 aliphatic heterocycles. The molecular weight excluding hydrogens is 522 g/mol. The SMILES string of the molecule is CCOc1ccc(C(=O)NC[C@H](C[C@H]2CCCOC2)NC)cc1C(OCCNC(=O)OC)c1cccc(Cl)c1. The molecule has 1 fully saturated rings. The Kier molecular flexibility index (Phi) is 12.8. The number of amides is 2. The van der Waals surface area contributed by atoms with Crippen LogP contribution in [0.2, 0.25) is 5.02 Å². The highest BCUT2D eigenvalue weighted by molar-refractivity contribution is 6.30. The number of ether oxygens (including phenoxy) is 4. The summed E-state index contributed by atoms with van der Waals surface area (Å²) in [4.78, 5) is 24.7. The molecule has 1 saturated heterocycles. The second-order valence-corrected chi connectivity index (χ2v) is 9.86. The van der Waals surface area contributed by atoms with Crippen molar-refractivity contribution >= 4 is 23.6 Å². The fourth-order valence-corrected chi connectivity index (χ4v) is 4.83. The summed E-state index contributed by atoms with van der Waals surface area (Å²) in [6, 6.07) is 12.8. The van der Waals surface area contributed by atoms with Crippen molar-refractivity contribution in [3.8, 4) is 5.75 Å². The van der Waals surface area contributed by atoms with Gasteiger partial charge >= 0.3 is 6.09 Å². The van der Waals surface area contributed by atoms with E-state index >= 15 is 0 Å². The monoisotopic (exact) mass is 561 g/mol. The van der Waals surface area contributed by atoms with Gasteiger partial charge in [-0.2, -0.15) is 0 Å². The van der Waals surface area contributed by atoms with Crippen LogP contribution in [0.25, 0.3) is 0 Å². The fraction of sp³-hybridized carbons (Fsp3) is 0.517. The molecule has 10 heteroatoms. The van der Waals surface area contributed by atoms with Crippen molar-refractivity contribution in [2.24, 2.45) is 5.92 Å². The van der Waals surface area contributed by atoms with Gasteiger partial charge < -0.3 is 34.9 Å². The fourth-order valence-electron chi connectivity index (χ4n) is 4.64. The first-order valence-corrected chi connectivity index (χ1v) is 13.8. The number of carbonyl (C=O) groups is 2. The lowest BCUT2D eigenvalue weighted by Crippen LogP contribution is -2.41. The lowest BCUT2D eigenvalue weighted by atomic mass is 9.94. The van der Waals surface area contributed by atoms with E-state index in [9.17, 15) is 9.59 Å². The summed E-state index contributed by atoms with van der Waals surface area (Å²) in [5, 5.41) is 9.56. The Labute approximate surface area is 235 Å². The number of hydrogen-bond acceptors (Lipinski definition) is 7. The smallest absolute Gasteiger partial charge is 0.406 e. The third kappa shape index (κ3) is 9.69. The van der Waals surface area contributed by atoms with Crippen LogP contribution in [0.3, 0.4) is 0 Å². The largest absolute Gasteiger partial charge is 0.493 e. The molecule has 3 atom stereocenters. The van der Waals surface area contributed by atoms with Gasteiger partial charge in [0.1, 0.15) is 11.9 Å². The van der Waals surface area contributed by atoms with Crippen LogP contribution in [0, 0.1) is 5.92 Å². The quantitative estimate of drug-likeness (QED) is 0.295. The maximum atomic E-state index is 13.2. The molecule has 39 heavy (non-hydrogen) atoms. The minimum Gasteiger partial charge on any atom is -0.493 e. The number of benzene rings is 2. The minimum absolute atomic E-state index is 0.146. The summed E-state index contributed by atoms with van der Waals surface area (Å²) in [5.74, 6) is 0.913. The lowest BCUT2D eigenvalue weighted by molar-refractivity contribution is 0.0478. The third-order valence-corrected chi connectivity index (χ3v) is 6.87. The summed E-state index contributed by atoms with van der Waals surface area (Å²) in [6.45, 7) is 4.89. The van der Waals surface area contributed by atoms with E-state index in [1.165, 1.54) is 7.11 Å². The average molecular weight is 562 g/mol. The number of carbonyl (C=O) groups excluding carboxylic acids is 2. The highest BCUT2D eigenvalue weighted by Crippen LogP contribution is 2.35. The molecule has 0 aliphatic carbocycles. The Hall–Kier alpha value is -2.85. The van der Waals surface area contributed by atoms with Gasteiger partial charge in [-0.3, -0.25) is 4.79 Å². The van der Waals surface area contributed by atoms with Gasteiger partial charge in [-0.05, 0) is 75.0 Å². The molecule has 0 bridgehead atoms. The molecule has 3 N–H and O–H groups in total. The van der Waals surface area contributed by atoms with Crippen molar-refractivity contribution in [1.29, 1.82) is 0 Å². The van der Waals surface area contributed by atoms with Crippen LogP contribution in [0.5, 0.6) is 5.75 Å². The van der Waals surface area contributed by atoms with Crippen LogP contribution >= 0.6 is 11.6 Å². The molecule has 0 saturated carbocycles. The van der Waals surface area contributed by atoms with Gasteiger partial charge in [0, 0.05) is 48.5 Å². The molecule has 3 rings (SSSR count). The Morgan fingerprint density at radius 1 is 1.18 bits per heavy atom. The van der Waals surface area contributed by atoms with Gasteiger partial charge in [-0.25, -0.2) is 4.79 Å². The maximum Gasteiger partial charge on any atom is 0.406 e. The zero-order valence-electron chi connectivity index (χ0n) is 23.0. The van der Waals surface area contributed by atoms with Crippen molar-refractivity contribution in [1.82, 2.24) is 16.0 Å². The van der Waals surface area contributed by atoms with Crippen LogP contribution in [0.4, 0.5) is 4.79 Å². The van der Waals surface area contributed by atoms with Crippen LogP contribution in [0.15, 0.2) is 42.5 Å². The molecule has 214 valence electrons. The van der Waals surface area contributed by atoms with Crippen LogP contribution in [-0.2, 0) is 14.2 Å². The molecule has 0 spiro atoms. The zero-order chi connectivity index (χ0) is 28.0. The molecule has 0 aromatic heterocycles. The first-order chi connectivity index (χ1) is 18.9. The Bertz CT molecular complexity index is 1060. The molecule has 2 aromatic carbocycles. The summed E-state index contributed by atoms with van der Waals surface area (Å²) in [5.41, 5.74) is 1.98. The van der Waals surface area contributed by atoms with Gasteiger partial charge in [0.25, 0.3) is 5.91 Å². The van der Waals surface area contributed by atoms with Crippen LogP contribution in [-0.4, -0.2) is 71.7 Å². The average Bonchev–Trinajstić information content (AvgIpc) is 2.96. The van der Waals surface area contributed by atoms with Gasteiger partial charge in [0.05, 0.1) is 20.3 Å². The molecule has 2 aromatic rings. The first-order valence-electron chi connectivity index (χ1n) is 13.4. The molecular formula is C29H40ClN3O6. The Morgan fingerprint density at radius 2 is 2.03 bits per heavy atom. The number of nitrogens with one attached hydrogen (secondary N) is 3. The summed E-state index contributed by atoms with van der Waals surface area (Å²) in [6.07, 6.45) is 2.04.